The Hall–Kier alpha value is -1.32. The van der Waals surface area contributed by atoms with Crippen molar-refractivity contribution >= 4 is 11.6 Å². The van der Waals surface area contributed by atoms with E-state index < -0.39 is 0 Å². The van der Waals surface area contributed by atoms with Crippen molar-refractivity contribution in [2.24, 2.45) is 5.92 Å². The molecule has 3 N–H and O–H groups in total. The van der Waals surface area contributed by atoms with E-state index >= 15 is 0 Å². The molecule has 1 heterocycles. The molecule has 96 valence electrons. The fourth-order valence-corrected chi connectivity index (χ4v) is 1.79. The number of nitrogens with zero attached hydrogens (tertiary/aromatic N) is 2. The van der Waals surface area contributed by atoms with E-state index in [9.17, 15) is 0 Å². The predicted octanol–water partition coefficient (Wildman–Crippen LogP) is 2.86. The number of anilines is 2. The molecule has 0 saturated heterocycles. The molecule has 1 atom stereocenters. The number of nitrogens with two attached hydrogens (primary N) is 1. The van der Waals surface area contributed by atoms with Crippen LogP contribution in [0.3, 0.4) is 0 Å². The first-order valence-electron chi connectivity index (χ1n) is 6.40. The van der Waals surface area contributed by atoms with Gasteiger partial charge < -0.3 is 11.1 Å². The highest BCUT2D eigenvalue weighted by Gasteiger charge is 2.10. The van der Waals surface area contributed by atoms with Gasteiger partial charge in [0.2, 0.25) is 0 Å². The molecule has 0 aromatic carbocycles. The summed E-state index contributed by atoms with van der Waals surface area (Å²) in [5.74, 6) is 2.21. The Morgan fingerprint density at radius 3 is 2.53 bits per heavy atom. The Labute approximate surface area is 104 Å². The van der Waals surface area contributed by atoms with E-state index in [4.69, 9.17) is 5.73 Å². The van der Waals surface area contributed by atoms with Crippen LogP contribution < -0.4 is 11.1 Å². The number of nitrogens with one attached hydrogen (secondary N) is 1. The van der Waals surface area contributed by atoms with E-state index in [1.165, 1.54) is 12.7 Å². The van der Waals surface area contributed by atoms with Crippen molar-refractivity contribution in [1.82, 2.24) is 9.97 Å². The van der Waals surface area contributed by atoms with E-state index in [0.717, 1.165) is 30.1 Å². The smallest absolute Gasteiger partial charge is 0.134 e. The van der Waals surface area contributed by atoms with Crippen molar-refractivity contribution in [3.05, 3.63) is 11.9 Å². The summed E-state index contributed by atoms with van der Waals surface area (Å²) < 4.78 is 0. The van der Waals surface area contributed by atoms with Crippen LogP contribution in [0.25, 0.3) is 0 Å². The van der Waals surface area contributed by atoms with Crippen LogP contribution in [-0.2, 0) is 6.42 Å². The average Bonchev–Trinajstić information content (AvgIpc) is 2.27. The SMILES string of the molecule is CCc1c(N)ncnc1NC(C)CCC(C)C. The summed E-state index contributed by atoms with van der Waals surface area (Å²) in [4.78, 5) is 8.29. The van der Waals surface area contributed by atoms with Crippen LogP contribution in [0.15, 0.2) is 6.33 Å². The summed E-state index contributed by atoms with van der Waals surface area (Å²) in [6.45, 7) is 8.73. The minimum absolute atomic E-state index is 0.414. The zero-order valence-corrected chi connectivity index (χ0v) is 11.3. The molecular weight excluding hydrogens is 212 g/mol. The first-order chi connectivity index (χ1) is 8.04. The third kappa shape index (κ3) is 4.21. The third-order valence-corrected chi connectivity index (χ3v) is 2.89. The summed E-state index contributed by atoms with van der Waals surface area (Å²) in [6.07, 6.45) is 4.73. The summed E-state index contributed by atoms with van der Waals surface area (Å²) >= 11 is 0. The molecule has 0 fully saturated rings. The van der Waals surface area contributed by atoms with Gasteiger partial charge in [0.25, 0.3) is 0 Å². The van der Waals surface area contributed by atoms with Gasteiger partial charge in [-0.15, -0.1) is 0 Å². The van der Waals surface area contributed by atoms with E-state index in [1.54, 1.807) is 0 Å². The number of hydrogen-bond acceptors (Lipinski definition) is 4. The van der Waals surface area contributed by atoms with E-state index in [2.05, 4.69) is 43.0 Å². The van der Waals surface area contributed by atoms with Gasteiger partial charge >= 0.3 is 0 Å². The molecule has 1 rings (SSSR count). The lowest BCUT2D eigenvalue weighted by Gasteiger charge is -2.18. The summed E-state index contributed by atoms with van der Waals surface area (Å²) in [5, 5.41) is 3.43. The first-order valence-corrected chi connectivity index (χ1v) is 6.40. The van der Waals surface area contributed by atoms with Crippen molar-refractivity contribution in [3.63, 3.8) is 0 Å². The molecule has 4 nitrogen and oxygen atoms in total. The molecule has 0 aliphatic heterocycles. The van der Waals surface area contributed by atoms with Crippen LogP contribution in [0.4, 0.5) is 11.6 Å². The van der Waals surface area contributed by atoms with Gasteiger partial charge in [-0.2, -0.15) is 0 Å². The number of hydrogen-bond donors (Lipinski definition) is 2. The maximum atomic E-state index is 5.84. The topological polar surface area (TPSA) is 63.8 Å². The zero-order valence-electron chi connectivity index (χ0n) is 11.3. The van der Waals surface area contributed by atoms with Crippen LogP contribution >= 0.6 is 0 Å². The molecule has 0 amide bonds. The number of aromatic nitrogens is 2. The largest absolute Gasteiger partial charge is 0.383 e. The fraction of sp³-hybridized carbons (Fsp3) is 0.692. The van der Waals surface area contributed by atoms with E-state index in [-0.39, 0.29) is 0 Å². The van der Waals surface area contributed by atoms with Crippen LogP contribution in [0.2, 0.25) is 0 Å². The van der Waals surface area contributed by atoms with E-state index in [0.29, 0.717) is 11.9 Å². The summed E-state index contributed by atoms with van der Waals surface area (Å²) in [5.41, 5.74) is 6.86. The van der Waals surface area contributed by atoms with Gasteiger partial charge in [-0.25, -0.2) is 9.97 Å². The van der Waals surface area contributed by atoms with Gasteiger partial charge in [0, 0.05) is 11.6 Å². The molecule has 17 heavy (non-hydrogen) atoms. The molecule has 0 aliphatic carbocycles. The Morgan fingerprint density at radius 2 is 1.94 bits per heavy atom. The zero-order chi connectivity index (χ0) is 12.8. The van der Waals surface area contributed by atoms with Gasteiger partial charge in [-0.1, -0.05) is 20.8 Å². The highest BCUT2D eigenvalue weighted by molar-refractivity contribution is 5.55. The Morgan fingerprint density at radius 1 is 1.24 bits per heavy atom. The summed E-state index contributed by atoms with van der Waals surface area (Å²) in [6, 6.07) is 0.414. The van der Waals surface area contributed by atoms with Crippen molar-refractivity contribution in [3.8, 4) is 0 Å². The molecule has 0 radical (unpaired) electrons. The molecule has 1 aromatic heterocycles. The second kappa shape index (κ2) is 6.42. The normalized spacial score (nSPS) is 12.8. The minimum Gasteiger partial charge on any atom is -0.383 e. The highest BCUT2D eigenvalue weighted by atomic mass is 15.0. The second-order valence-corrected chi connectivity index (χ2v) is 4.96. The maximum absolute atomic E-state index is 5.84. The molecule has 0 aliphatic rings. The van der Waals surface area contributed by atoms with Crippen molar-refractivity contribution in [1.29, 1.82) is 0 Å². The maximum Gasteiger partial charge on any atom is 0.134 e. The lowest BCUT2D eigenvalue weighted by atomic mass is 10.0. The molecule has 4 heteroatoms. The monoisotopic (exact) mass is 236 g/mol. The molecule has 0 bridgehead atoms. The Kier molecular flexibility index (Phi) is 5.19. The number of rotatable bonds is 6. The minimum atomic E-state index is 0.414. The molecule has 0 spiro atoms. The fourth-order valence-electron chi connectivity index (χ4n) is 1.79. The van der Waals surface area contributed by atoms with Gasteiger partial charge in [0.1, 0.15) is 18.0 Å². The van der Waals surface area contributed by atoms with Crippen molar-refractivity contribution < 1.29 is 0 Å². The van der Waals surface area contributed by atoms with Crippen molar-refractivity contribution in [2.45, 2.75) is 53.0 Å². The van der Waals surface area contributed by atoms with Crippen LogP contribution in [0.5, 0.6) is 0 Å². The molecule has 1 aromatic rings. The predicted molar refractivity (Wildman–Crippen MR) is 73.0 cm³/mol. The Bertz CT molecular complexity index is 349. The van der Waals surface area contributed by atoms with Gasteiger partial charge in [0.15, 0.2) is 0 Å². The number of nitrogen functional groups attached to an aromatic ring is 1. The van der Waals surface area contributed by atoms with Crippen LogP contribution in [0, 0.1) is 5.92 Å². The van der Waals surface area contributed by atoms with E-state index in [1.807, 2.05) is 0 Å². The lowest BCUT2D eigenvalue weighted by Crippen LogP contribution is -2.18. The molecule has 0 saturated carbocycles. The third-order valence-electron chi connectivity index (χ3n) is 2.89. The second-order valence-electron chi connectivity index (χ2n) is 4.96. The Balaban J connectivity index is 2.64. The average molecular weight is 236 g/mol. The molecule has 1 unspecified atom stereocenters. The quantitative estimate of drug-likeness (QED) is 0.797. The van der Waals surface area contributed by atoms with Gasteiger partial charge in [0.05, 0.1) is 0 Å². The van der Waals surface area contributed by atoms with Crippen molar-refractivity contribution in [2.75, 3.05) is 11.1 Å². The van der Waals surface area contributed by atoms with Gasteiger partial charge in [-0.3, -0.25) is 0 Å². The van der Waals surface area contributed by atoms with Crippen LogP contribution in [0.1, 0.15) is 46.1 Å². The summed E-state index contributed by atoms with van der Waals surface area (Å²) in [7, 11) is 0. The first kappa shape index (κ1) is 13.7. The lowest BCUT2D eigenvalue weighted by molar-refractivity contribution is 0.527. The highest BCUT2D eigenvalue weighted by Crippen LogP contribution is 2.19. The standard InChI is InChI=1S/C13H24N4/c1-5-11-12(14)15-8-16-13(11)17-10(4)7-6-9(2)3/h8-10H,5-7H2,1-4H3,(H3,14,15,16,17). The molecular formula is C13H24N4. The van der Waals surface area contributed by atoms with Gasteiger partial charge in [-0.05, 0) is 32.1 Å². The van der Waals surface area contributed by atoms with Crippen LogP contribution in [-0.4, -0.2) is 16.0 Å².